The van der Waals surface area contributed by atoms with E-state index < -0.39 is 5.97 Å². The van der Waals surface area contributed by atoms with Crippen molar-refractivity contribution in [2.75, 3.05) is 26.3 Å². The van der Waals surface area contributed by atoms with E-state index in [1.54, 1.807) is 24.3 Å². The number of amides is 2. The number of carbonyl (C=O) groups is 2. The minimum Gasteiger partial charge on any atom is -0.465 e. The number of rotatable bonds is 4. The molecule has 0 aliphatic carbocycles. The fourth-order valence-corrected chi connectivity index (χ4v) is 1.12. The summed E-state index contributed by atoms with van der Waals surface area (Å²) in [6.45, 7) is 0.131. The molecule has 0 aliphatic heterocycles. The highest BCUT2D eigenvalue weighted by Gasteiger charge is 2.05. The van der Waals surface area contributed by atoms with Gasteiger partial charge in [-0.25, -0.2) is 9.59 Å². The standard InChI is InChI=1S/C11H14N2O4/c1-16-7-12-11(15)13-9-5-3-8(4-6-9)10(14)17-2/h3-6H,7H2,1-2H3,(H2,12,13,15). The molecule has 0 unspecified atom stereocenters. The van der Waals surface area contributed by atoms with Crippen LogP contribution in [-0.4, -0.2) is 33.0 Å². The Bertz CT molecular complexity index is 389. The van der Waals surface area contributed by atoms with Gasteiger partial charge in [-0.05, 0) is 24.3 Å². The maximum atomic E-state index is 11.3. The van der Waals surface area contributed by atoms with Gasteiger partial charge >= 0.3 is 12.0 Å². The van der Waals surface area contributed by atoms with E-state index in [9.17, 15) is 9.59 Å². The van der Waals surface area contributed by atoms with Crippen LogP contribution in [0.25, 0.3) is 0 Å². The zero-order valence-corrected chi connectivity index (χ0v) is 9.65. The van der Waals surface area contributed by atoms with E-state index in [4.69, 9.17) is 0 Å². The Kier molecular flexibility index (Phi) is 4.96. The van der Waals surface area contributed by atoms with Crippen molar-refractivity contribution in [3.05, 3.63) is 29.8 Å². The van der Waals surface area contributed by atoms with Gasteiger partial charge in [0.25, 0.3) is 0 Å². The van der Waals surface area contributed by atoms with Crippen molar-refractivity contribution in [2.24, 2.45) is 0 Å². The van der Waals surface area contributed by atoms with Crippen LogP contribution < -0.4 is 10.6 Å². The van der Waals surface area contributed by atoms with Gasteiger partial charge in [0.1, 0.15) is 6.73 Å². The number of esters is 1. The Morgan fingerprint density at radius 1 is 1.18 bits per heavy atom. The first-order chi connectivity index (χ1) is 8.17. The fraction of sp³-hybridized carbons (Fsp3) is 0.273. The summed E-state index contributed by atoms with van der Waals surface area (Å²) in [5.41, 5.74) is 1.00. The molecule has 0 spiro atoms. The molecule has 6 nitrogen and oxygen atoms in total. The van der Waals surface area contributed by atoms with Crippen molar-refractivity contribution >= 4 is 17.7 Å². The summed E-state index contributed by atoms with van der Waals surface area (Å²) in [6, 6.07) is 5.98. The Morgan fingerprint density at radius 2 is 1.82 bits per heavy atom. The largest absolute Gasteiger partial charge is 0.465 e. The van der Waals surface area contributed by atoms with Crippen LogP contribution in [0.2, 0.25) is 0 Å². The summed E-state index contributed by atoms with van der Waals surface area (Å²) in [5, 5.41) is 5.04. The first-order valence-corrected chi connectivity index (χ1v) is 4.89. The van der Waals surface area contributed by atoms with Crippen LogP contribution in [0.15, 0.2) is 24.3 Å². The molecule has 1 aromatic carbocycles. The fourth-order valence-electron chi connectivity index (χ4n) is 1.12. The van der Waals surface area contributed by atoms with Gasteiger partial charge in [-0.1, -0.05) is 0 Å². The average Bonchev–Trinajstić information content (AvgIpc) is 2.36. The van der Waals surface area contributed by atoms with Gasteiger partial charge < -0.3 is 20.1 Å². The summed E-state index contributed by atoms with van der Waals surface area (Å²) < 4.78 is 9.24. The number of methoxy groups -OCH3 is 2. The Morgan fingerprint density at radius 3 is 2.35 bits per heavy atom. The number of hydrogen-bond acceptors (Lipinski definition) is 4. The topological polar surface area (TPSA) is 76.7 Å². The van der Waals surface area contributed by atoms with E-state index in [1.165, 1.54) is 14.2 Å². The summed E-state index contributed by atoms with van der Waals surface area (Å²) in [6.07, 6.45) is 0. The molecule has 2 N–H and O–H groups in total. The molecule has 17 heavy (non-hydrogen) atoms. The minimum absolute atomic E-state index is 0.131. The van der Waals surface area contributed by atoms with Crippen LogP contribution in [0, 0.1) is 0 Å². The number of anilines is 1. The molecule has 2 amide bonds. The number of nitrogens with one attached hydrogen (secondary N) is 2. The molecule has 1 aromatic rings. The SMILES string of the molecule is COCNC(=O)Nc1ccc(C(=O)OC)cc1. The zero-order valence-electron chi connectivity index (χ0n) is 9.65. The lowest BCUT2D eigenvalue weighted by atomic mass is 10.2. The quantitative estimate of drug-likeness (QED) is 0.610. The lowest BCUT2D eigenvalue weighted by Gasteiger charge is -2.07. The average molecular weight is 238 g/mol. The number of benzene rings is 1. The van der Waals surface area contributed by atoms with Gasteiger partial charge in [0.2, 0.25) is 0 Å². The maximum absolute atomic E-state index is 11.3. The van der Waals surface area contributed by atoms with Crippen LogP contribution in [0.4, 0.5) is 10.5 Å². The van der Waals surface area contributed by atoms with Gasteiger partial charge in [-0.15, -0.1) is 0 Å². The molecule has 0 bridgehead atoms. The molecule has 0 saturated heterocycles. The first kappa shape index (κ1) is 13.0. The highest BCUT2D eigenvalue weighted by atomic mass is 16.5. The molecule has 0 aromatic heterocycles. The van der Waals surface area contributed by atoms with Crippen molar-refractivity contribution < 1.29 is 19.1 Å². The van der Waals surface area contributed by atoms with E-state index in [-0.39, 0.29) is 12.8 Å². The summed E-state index contributed by atoms with van der Waals surface area (Å²) in [5.74, 6) is -0.416. The van der Waals surface area contributed by atoms with Crippen molar-refractivity contribution in [3.63, 3.8) is 0 Å². The van der Waals surface area contributed by atoms with Crippen molar-refractivity contribution in [2.45, 2.75) is 0 Å². The normalized spacial score (nSPS) is 9.53. The molecular formula is C11H14N2O4. The smallest absolute Gasteiger partial charge is 0.337 e. The molecule has 0 atom stereocenters. The van der Waals surface area contributed by atoms with Crippen molar-refractivity contribution in [1.82, 2.24) is 5.32 Å². The molecule has 92 valence electrons. The third-order valence-electron chi connectivity index (χ3n) is 1.94. The summed E-state index contributed by atoms with van der Waals surface area (Å²) >= 11 is 0. The molecule has 0 heterocycles. The molecule has 0 fully saturated rings. The van der Waals surface area contributed by atoms with E-state index in [1.807, 2.05) is 0 Å². The Hall–Kier alpha value is -2.08. The second-order valence-corrected chi connectivity index (χ2v) is 3.13. The maximum Gasteiger partial charge on any atom is 0.337 e. The Labute approximate surface area is 98.9 Å². The van der Waals surface area contributed by atoms with E-state index >= 15 is 0 Å². The predicted octanol–water partition coefficient (Wildman–Crippen LogP) is 1.20. The van der Waals surface area contributed by atoms with E-state index in [0.717, 1.165) is 0 Å². The molecule has 0 radical (unpaired) electrons. The van der Waals surface area contributed by atoms with Crippen molar-refractivity contribution in [3.8, 4) is 0 Å². The van der Waals surface area contributed by atoms with Crippen molar-refractivity contribution in [1.29, 1.82) is 0 Å². The summed E-state index contributed by atoms with van der Waals surface area (Å²) in [7, 11) is 2.79. The van der Waals surface area contributed by atoms with Gasteiger partial charge in [0, 0.05) is 12.8 Å². The predicted molar refractivity (Wildman–Crippen MR) is 61.8 cm³/mol. The molecule has 0 aliphatic rings. The summed E-state index contributed by atoms with van der Waals surface area (Å²) in [4.78, 5) is 22.4. The Balaban J connectivity index is 2.56. The second kappa shape index (κ2) is 6.49. The first-order valence-electron chi connectivity index (χ1n) is 4.89. The van der Waals surface area contributed by atoms with Gasteiger partial charge in [-0.3, -0.25) is 0 Å². The number of carbonyl (C=O) groups excluding carboxylic acids is 2. The number of hydrogen-bond donors (Lipinski definition) is 2. The van der Waals surface area contributed by atoms with Gasteiger partial charge in [-0.2, -0.15) is 0 Å². The molecule has 6 heteroatoms. The highest BCUT2D eigenvalue weighted by Crippen LogP contribution is 2.10. The molecular weight excluding hydrogens is 224 g/mol. The van der Waals surface area contributed by atoms with Crippen LogP contribution in [0.1, 0.15) is 10.4 Å². The second-order valence-electron chi connectivity index (χ2n) is 3.13. The lowest BCUT2D eigenvalue weighted by Crippen LogP contribution is -2.30. The van der Waals surface area contributed by atoms with Crippen LogP contribution in [0.3, 0.4) is 0 Å². The van der Waals surface area contributed by atoms with E-state index in [2.05, 4.69) is 20.1 Å². The van der Waals surface area contributed by atoms with Crippen LogP contribution >= 0.6 is 0 Å². The third-order valence-corrected chi connectivity index (χ3v) is 1.94. The number of ether oxygens (including phenoxy) is 2. The monoisotopic (exact) mass is 238 g/mol. The van der Waals surface area contributed by atoms with Gasteiger partial charge in [0.15, 0.2) is 0 Å². The number of urea groups is 1. The molecule has 0 saturated carbocycles. The third kappa shape index (κ3) is 4.12. The molecule has 1 rings (SSSR count). The zero-order chi connectivity index (χ0) is 12.7. The van der Waals surface area contributed by atoms with Crippen LogP contribution in [0.5, 0.6) is 0 Å². The lowest BCUT2D eigenvalue weighted by molar-refractivity contribution is 0.0601. The van der Waals surface area contributed by atoms with Crippen LogP contribution in [-0.2, 0) is 9.47 Å². The highest BCUT2D eigenvalue weighted by molar-refractivity contribution is 5.92. The van der Waals surface area contributed by atoms with E-state index in [0.29, 0.717) is 11.3 Å². The minimum atomic E-state index is -0.416. The van der Waals surface area contributed by atoms with Gasteiger partial charge in [0.05, 0.1) is 12.7 Å².